The molecule has 1 amide bonds. The first-order valence-electron chi connectivity index (χ1n) is 6.94. The van der Waals surface area contributed by atoms with Crippen molar-refractivity contribution < 1.29 is 19.4 Å². The lowest BCUT2D eigenvalue weighted by Crippen LogP contribution is -2.38. The van der Waals surface area contributed by atoms with E-state index in [1.54, 1.807) is 18.3 Å². The fourth-order valence-corrected chi connectivity index (χ4v) is 2.29. The van der Waals surface area contributed by atoms with Crippen LogP contribution in [0.2, 0.25) is 0 Å². The summed E-state index contributed by atoms with van der Waals surface area (Å²) in [6.07, 6.45) is 1.64. The SMILES string of the molecule is COc1ccc([C@@]2(O)CCN(C(=O)OC(C)(C)C)C2)cn1. The third-order valence-electron chi connectivity index (χ3n) is 3.38. The van der Waals surface area contributed by atoms with Crippen LogP contribution in [0, 0.1) is 0 Å². The van der Waals surface area contributed by atoms with E-state index in [9.17, 15) is 9.90 Å². The number of aliphatic hydroxyl groups is 1. The van der Waals surface area contributed by atoms with Crippen molar-refractivity contribution in [3.63, 3.8) is 0 Å². The van der Waals surface area contributed by atoms with Crippen LogP contribution in [0.15, 0.2) is 18.3 Å². The summed E-state index contributed by atoms with van der Waals surface area (Å²) in [5.74, 6) is 0.490. The number of β-amino-alcohol motifs (C(OH)–C–C–N with tert-alkyl or cyclic N) is 1. The number of rotatable bonds is 2. The molecule has 2 rings (SSSR count). The Hall–Kier alpha value is -1.82. The third-order valence-corrected chi connectivity index (χ3v) is 3.38. The largest absolute Gasteiger partial charge is 0.481 e. The molecular weight excluding hydrogens is 272 g/mol. The average Bonchev–Trinajstić information content (AvgIpc) is 2.81. The van der Waals surface area contributed by atoms with E-state index in [0.717, 1.165) is 0 Å². The quantitative estimate of drug-likeness (QED) is 0.902. The predicted octanol–water partition coefficient (Wildman–Crippen LogP) is 1.92. The molecule has 2 heterocycles. The Labute approximate surface area is 124 Å². The second-order valence-corrected chi connectivity index (χ2v) is 6.27. The van der Waals surface area contributed by atoms with Gasteiger partial charge in [-0.3, -0.25) is 0 Å². The van der Waals surface area contributed by atoms with Crippen LogP contribution in [0.25, 0.3) is 0 Å². The van der Waals surface area contributed by atoms with Crippen LogP contribution >= 0.6 is 0 Å². The van der Waals surface area contributed by atoms with Crippen LogP contribution in [0.4, 0.5) is 4.79 Å². The number of ether oxygens (including phenoxy) is 2. The topological polar surface area (TPSA) is 71.9 Å². The standard InChI is InChI=1S/C15H22N2O4/c1-14(2,3)21-13(18)17-8-7-15(19,10-17)11-5-6-12(20-4)16-9-11/h5-6,9,19H,7-8,10H2,1-4H3/t15-/m1/s1. The van der Waals surface area contributed by atoms with Gasteiger partial charge >= 0.3 is 6.09 Å². The minimum atomic E-state index is -1.09. The van der Waals surface area contributed by atoms with E-state index in [2.05, 4.69) is 4.98 Å². The summed E-state index contributed by atoms with van der Waals surface area (Å²) in [6, 6.07) is 3.47. The fraction of sp³-hybridized carbons (Fsp3) is 0.600. The van der Waals surface area contributed by atoms with Crippen molar-refractivity contribution in [1.29, 1.82) is 0 Å². The molecule has 1 N–H and O–H groups in total. The summed E-state index contributed by atoms with van der Waals surface area (Å²) >= 11 is 0. The van der Waals surface area contributed by atoms with Gasteiger partial charge in [0.05, 0.1) is 13.7 Å². The molecule has 1 fully saturated rings. The monoisotopic (exact) mass is 294 g/mol. The molecule has 1 saturated heterocycles. The highest BCUT2D eigenvalue weighted by Crippen LogP contribution is 2.32. The molecule has 21 heavy (non-hydrogen) atoms. The number of hydrogen-bond acceptors (Lipinski definition) is 5. The van der Waals surface area contributed by atoms with Crippen molar-refractivity contribution in [3.8, 4) is 5.88 Å². The minimum absolute atomic E-state index is 0.204. The van der Waals surface area contributed by atoms with Crippen LogP contribution in [-0.4, -0.2) is 46.9 Å². The first-order valence-corrected chi connectivity index (χ1v) is 6.94. The lowest BCUT2D eigenvalue weighted by Gasteiger charge is -2.26. The maximum absolute atomic E-state index is 12.0. The summed E-state index contributed by atoms with van der Waals surface area (Å²) in [6.45, 7) is 6.12. The highest BCUT2D eigenvalue weighted by molar-refractivity contribution is 5.68. The predicted molar refractivity (Wildman–Crippen MR) is 77.1 cm³/mol. The smallest absolute Gasteiger partial charge is 0.410 e. The van der Waals surface area contributed by atoms with Gasteiger partial charge in [-0.1, -0.05) is 0 Å². The summed E-state index contributed by atoms with van der Waals surface area (Å²) < 4.78 is 10.3. The number of pyridine rings is 1. The Morgan fingerprint density at radius 2 is 2.14 bits per heavy atom. The Balaban J connectivity index is 2.07. The van der Waals surface area contributed by atoms with Crippen molar-refractivity contribution in [2.75, 3.05) is 20.2 Å². The lowest BCUT2D eigenvalue weighted by atomic mass is 9.95. The van der Waals surface area contributed by atoms with Gasteiger partial charge in [0.25, 0.3) is 0 Å². The van der Waals surface area contributed by atoms with Gasteiger partial charge in [0.2, 0.25) is 5.88 Å². The number of amides is 1. The first kappa shape index (κ1) is 15.6. The molecule has 1 aliphatic rings. The lowest BCUT2D eigenvalue weighted by molar-refractivity contribution is 0.0139. The Bertz CT molecular complexity index is 509. The number of likely N-dealkylation sites (tertiary alicyclic amines) is 1. The van der Waals surface area contributed by atoms with E-state index in [1.165, 1.54) is 12.0 Å². The maximum Gasteiger partial charge on any atom is 0.410 e. The van der Waals surface area contributed by atoms with Crippen molar-refractivity contribution in [2.45, 2.75) is 38.4 Å². The molecule has 116 valence electrons. The van der Waals surface area contributed by atoms with Crippen LogP contribution in [0.5, 0.6) is 5.88 Å². The Morgan fingerprint density at radius 1 is 1.43 bits per heavy atom. The number of carbonyl (C=O) groups is 1. The van der Waals surface area contributed by atoms with Crippen LogP contribution in [-0.2, 0) is 10.3 Å². The fourth-order valence-electron chi connectivity index (χ4n) is 2.29. The van der Waals surface area contributed by atoms with Gasteiger partial charge in [-0.05, 0) is 33.3 Å². The van der Waals surface area contributed by atoms with Crippen LogP contribution in [0.3, 0.4) is 0 Å². The molecule has 1 atom stereocenters. The molecule has 0 bridgehead atoms. The molecule has 1 aliphatic heterocycles. The van der Waals surface area contributed by atoms with Crippen molar-refractivity contribution in [2.24, 2.45) is 0 Å². The van der Waals surface area contributed by atoms with Crippen molar-refractivity contribution in [1.82, 2.24) is 9.88 Å². The Kier molecular flexibility index (Phi) is 4.09. The first-order chi connectivity index (χ1) is 9.73. The van der Waals surface area contributed by atoms with Crippen LogP contribution < -0.4 is 4.74 Å². The summed E-state index contributed by atoms with van der Waals surface area (Å²) in [7, 11) is 1.54. The molecule has 0 radical (unpaired) electrons. The molecule has 0 aliphatic carbocycles. The van der Waals surface area contributed by atoms with Gasteiger partial charge in [0, 0.05) is 24.4 Å². The molecule has 6 heteroatoms. The third kappa shape index (κ3) is 3.64. The number of carbonyl (C=O) groups excluding carboxylic acids is 1. The molecule has 0 spiro atoms. The minimum Gasteiger partial charge on any atom is -0.481 e. The zero-order valence-electron chi connectivity index (χ0n) is 12.9. The normalized spacial score (nSPS) is 22.2. The van der Waals surface area contributed by atoms with E-state index < -0.39 is 17.3 Å². The molecule has 0 aromatic carbocycles. The number of aromatic nitrogens is 1. The molecule has 0 saturated carbocycles. The van der Waals surface area contributed by atoms with E-state index in [-0.39, 0.29) is 6.54 Å². The number of nitrogens with zero attached hydrogens (tertiary/aromatic N) is 2. The number of hydrogen-bond donors (Lipinski definition) is 1. The van der Waals surface area contributed by atoms with E-state index in [4.69, 9.17) is 9.47 Å². The molecule has 0 unspecified atom stereocenters. The van der Waals surface area contributed by atoms with Gasteiger partial charge in [0.15, 0.2) is 0 Å². The molecule has 1 aromatic heterocycles. The Morgan fingerprint density at radius 3 is 2.67 bits per heavy atom. The summed E-state index contributed by atoms with van der Waals surface area (Å²) in [5, 5.41) is 10.7. The summed E-state index contributed by atoms with van der Waals surface area (Å²) in [4.78, 5) is 17.7. The molecule has 1 aromatic rings. The van der Waals surface area contributed by atoms with Gasteiger partial charge in [-0.2, -0.15) is 0 Å². The van der Waals surface area contributed by atoms with Gasteiger partial charge in [0.1, 0.15) is 11.2 Å². The van der Waals surface area contributed by atoms with Crippen LogP contribution in [0.1, 0.15) is 32.8 Å². The highest BCUT2D eigenvalue weighted by Gasteiger charge is 2.41. The summed E-state index contributed by atoms with van der Waals surface area (Å²) in [5.41, 5.74) is -0.954. The second-order valence-electron chi connectivity index (χ2n) is 6.27. The van der Waals surface area contributed by atoms with E-state index in [0.29, 0.717) is 24.4 Å². The highest BCUT2D eigenvalue weighted by atomic mass is 16.6. The van der Waals surface area contributed by atoms with Gasteiger partial charge in [-0.15, -0.1) is 0 Å². The average molecular weight is 294 g/mol. The molecule has 6 nitrogen and oxygen atoms in total. The molecular formula is C15H22N2O4. The van der Waals surface area contributed by atoms with Crippen molar-refractivity contribution in [3.05, 3.63) is 23.9 Å². The zero-order valence-corrected chi connectivity index (χ0v) is 12.9. The van der Waals surface area contributed by atoms with Gasteiger partial charge < -0.3 is 19.5 Å². The second kappa shape index (κ2) is 5.52. The maximum atomic E-state index is 12.0. The van der Waals surface area contributed by atoms with Gasteiger partial charge in [-0.25, -0.2) is 9.78 Å². The van der Waals surface area contributed by atoms with Crippen molar-refractivity contribution >= 4 is 6.09 Å². The number of methoxy groups -OCH3 is 1. The zero-order chi connectivity index (χ0) is 15.7. The van der Waals surface area contributed by atoms with E-state index >= 15 is 0 Å². The van der Waals surface area contributed by atoms with E-state index in [1.807, 2.05) is 20.8 Å².